The summed E-state index contributed by atoms with van der Waals surface area (Å²) < 4.78 is 0. The summed E-state index contributed by atoms with van der Waals surface area (Å²) in [7, 11) is 0. The van der Waals surface area contributed by atoms with E-state index in [4.69, 9.17) is 30.6 Å². The molecule has 0 aromatic carbocycles. The summed E-state index contributed by atoms with van der Waals surface area (Å²) in [6, 6.07) is 0. The minimum absolute atomic E-state index is 0. The van der Waals surface area contributed by atoms with E-state index in [1.54, 1.807) is 0 Å². The molecule has 8 nitrogen and oxygen atoms in total. The number of nitrogens with zero attached hydrogens (tertiary/aromatic N) is 2. The molecule has 0 heterocycles. The quantitative estimate of drug-likeness (QED) is 0.365. The van der Waals surface area contributed by atoms with Crippen molar-refractivity contribution in [1.29, 1.82) is 0 Å². The van der Waals surface area contributed by atoms with E-state index in [-0.39, 0.29) is 35.9 Å². The molecule has 0 aliphatic heterocycles. The predicted molar refractivity (Wildman–Crippen MR) is 30.4 cm³/mol. The maximum Gasteiger partial charge on any atom is 2.00 e. The third-order valence-corrected chi connectivity index (χ3v) is 0. The molecule has 0 aromatic heterocycles. The zero-order valence-electron chi connectivity index (χ0n) is 5.74. The molecule has 0 saturated carbocycles. The predicted octanol–water partition coefficient (Wildman–Crippen LogP) is 0.203. The molecule has 11 heavy (non-hydrogen) atoms. The van der Waals surface area contributed by atoms with Crippen LogP contribution in [0.4, 0.5) is 0 Å². The maximum absolute atomic E-state index is 8.36. The summed E-state index contributed by atoms with van der Waals surface area (Å²) >= 11 is 0. The van der Waals surface area contributed by atoms with E-state index in [9.17, 15) is 0 Å². The Hall–Kier alpha value is -0.912. The van der Waals surface area contributed by atoms with Crippen molar-refractivity contribution in [3.63, 3.8) is 0 Å². The van der Waals surface area contributed by atoms with E-state index in [2.05, 4.69) is 0 Å². The third-order valence-electron chi connectivity index (χ3n) is 0. The normalized spacial score (nSPS) is 4.36. The molecule has 9 heteroatoms. The molecule has 0 rings (SSSR count). The average molecular weight is 351 g/mol. The van der Waals surface area contributed by atoms with E-state index in [1.165, 1.54) is 0 Å². The summed E-state index contributed by atoms with van der Waals surface area (Å²) in [4.78, 5) is 16.7. The van der Waals surface area contributed by atoms with Crippen LogP contribution in [-0.2, 0) is 21.1 Å². The smallest absolute Gasteiger partial charge is 0.358 e. The zero-order chi connectivity index (χ0) is 7.15. The van der Waals surface area contributed by atoms with E-state index >= 15 is 0 Å². The fourth-order valence-electron chi connectivity index (χ4n) is 0. The number of rotatable bonds is 0. The van der Waals surface area contributed by atoms with Gasteiger partial charge in [-0.25, -0.2) is 0 Å². The van der Waals surface area contributed by atoms with Crippen LogP contribution in [0.15, 0.2) is 0 Å². The molecule has 0 aliphatic carbocycles. The first-order chi connectivity index (χ1) is 3.46. The summed E-state index contributed by atoms with van der Waals surface area (Å²) in [6.45, 7) is 0. The number of hydrogen-bond acceptors (Lipinski definition) is 4. The van der Waals surface area contributed by atoms with Gasteiger partial charge in [0.15, 0.2) is 0 Å². The Morgan fingerprint density at radius 3 is 0.909 bits per heavy atom. The van der Waals surface area contributed by atoms with Crippen LogP contribution in [0.5, 0.6) is 0 Å². The zero-order valence-corrected chi connectivity index (χ0v) is 8.01. The molecular formula is C2H8N2O6Pt. The molecule has 72 valence electrons. The van der Waals surface area contributed by atoms with Crippen LogP contribution in [0.2, 0.25) is 0 Å². The van der Waals surface area contributed by atoms with Gasteiger partial charge in [-0.3, -0.25) is 0 Å². The fraction of sp³-hybridized carbons (Fsp3) is 0. The second-order valence-electron chi connectivity index (χ2n) is 0.476. The number of hydrogen-bond donors (Lipinski definition) is 2. The van der Waals surface area contributed by atoms with Gasteiger partial charge < -0.3 is 25.3 Å². The first kappa shape index (κ1) is 32.2. The summed E-state index contributed by atoms with van der Waals surface area (Å²) in [5.41, 5.74) is 0. The minimum atomic E-state index is -1.50. The molecule has 0 atom stereocenters. The molecule has 0 bridgehead atoms. The van der Waals surface area contributed by atoms with Crippen LogP contribution in [-0.4, -0.2) is 20.6 Å². The molecule has 0 fully saturated rings. The Labute approximate surface area is 77.3 Å². The van der Waals surface area contributed by atoms with Crippen LogP contribution in [0.25, 0.3) is 0 Å². The van der Waals surface area contributed by atoms with E-state index in [0.29, 0.717) is 0 Å². The van der Waals surface area contributed by atoms with Crippen LogP contribution in [0.3, 0.4) is 0 Å². The van der Waals surface area contributed by atoms with Gasteiger partial charge >= 0.3 is 21.1 Å². The third kappa shape index (κ3) is 549. The molecule has 2 N–H and O–H groups in total. The molecular weight excluding hydrogens is 343 g/mol. The molecule has 0 aliphatic rings. The van der Waals surface area contributed by atoms with Crippen LogP contribution in [0, 0.1) is 35.1 Å². The van der Waals surface area contributed by atoms with Gasteiger partial charge in [0.2, 0.25) is 0 Å². The van der Waals surface area contributed by atoms with Gasteiger partial charge in [0, 0.05) is 0 Å². The van der Waals surface area contributed by atoms with E-state index in [1.807, 2.05) is 0 Å². The van der Waals surface area contributed by atoms with Crippen molar-refractivity contribution in [2.45, 2.75) is 0 Å². The monoisotopic (exact) mass is 351 g/mol. The molecule has 0 aromatic rings. The minimum Gasteiger partial charge on any atom is -0.358 e. The standard InChI is InChI=1S/2CH3.2HNO3.Pt/c;;2*2-1(3)4;/h2*1H3;2*(H,2,3,4);/q2*-1;;;+2. The summed E-state index contributed by atoms with van der Waals surface area (Å²) in [5.74, 6) is 0. The average Bonchev–Trinajstić information content (AvgIpc) is 1.25. The largest absolute Gasteiger partial charge is 2.00 e. The van der Waals surface area contributed by atoms with Crippen LogP contribution in [0.1, 0.15) is 0 Å². The Morgan fingerprint density at radius 2 is 0.909 bits per heavy atom. The van der Waals surface area contributed by atoms with Gasteiger partial charge in [0.05, 0.1) is 0 Å². The van der Waals surface area contributed by atoms with Crippen molar-refractivity contribution in [3.8, 4) is 0 Å². The Morgan fingerprint density at radius 1 is 0.909 bits per heavy atom. The second-order valence-corrected chi connectivity index (χ2v) is 0.476. The van der Waals surface area contributed by atoms with Crippen molar-refractivity contribution >= 4 is 0 Å². The van der Waals surface area contributed by atoms with E-state index in [0.717, 1.165) is 0 Å². The Balaban J connectivity index is -0.0000000171. The molecule has 0 saturated heterocycles. The summed E-state index contributed by atoms with van der Waals surface area (Å²) in [5, 5.41) is 27.3. The van der Waals surface area contributed by atoms with Crippen LogP contribution >= 0.6 is 0 Å². The second kappa shape index (κ2) is 23.0. The topological polar surface area (TPSA) is 127 Å². The van der Waals surface area contributed by atoms with Gasteiger partial charge in [-0.1, -0.05) is 0 Å². The van der Waals surface area contributed by atoms with Crippen molar-refractivity contribution in [2.75, 3.05) is 0 Å². The van der Waals surface area contributed by atoms with Crippen molar-refractivity contribution in [3.05, 3.63) is 35.1 Å². The first-order valence-electron chi connectivity index (χ1n) is 1.13. The Kier molecular flexibility index (Phi) is 67.2. The van der Waals surface area contributed by atoms with Crippen LogP contribution < -0.4 is 0 Å². The Bertz CT molecular complexity index is 76.6. The molecule has 0 amide bonds. The molecule has 0 spiro atoms. The van der Waals surface area contributed by atoms with E-state index < -0.39 is 10.2 Å². The van der Waals surface area contributed by atoms with Gasteiger partial charge in [-0.15, -0.1) is 20.2 Å². The molecule has 0 radical (unpaired) electrons. The van der Waals surface area contributed by atoms with Crippen molar-refractivity contribution in [1.82, 2.24) is 0 Å². The fourth-order valence-corrected chi connectivity index (χ4v) is 0. The van der Waals surface area contributed by atoms with Crippen molar-refractivity contribution < 1.29 is 41.7 Å². The maximum atomic E-state index is 8.36. The van der Waals surface area contributed by atoms with Gasteiger partial charge in [-0.2, -0.15) is 0 Å². The SMILES string of the molecule is O=[N+]([O-])O.O=[N+]([O-])O.[CH3-].[CH3-].[Pt+2]. The van der Waals surface area contributed by atoms with Gasteiger partial charge in [0.1, 0.15) is 0 Å². The molecule has 0 unspecified atom stereocenters. The van der Waals surface area contributed by atoms with Crippen molar-refractivity contribution in [2.24, 2.45) is 0 Å². The van der Waals surface area contributed by atoms with Gasteiger partial charge in [-0.05, 0) is 0 Å². The van der Waals surface area contributed by atoms with Gasteiger partial charge in [0.25, 0.3) is 10.2 Å². The summed E-state index contributed by atoms with van der Waals surface area (Å²) in [6.07, 6.45) is 0. The first-order valence-corrected chi connectivity index (χ1v) is 1.13.